The van der Waals surface area contributed by atoms with E-state index in [1.54, 1.807) is 11.8 Å². The first kappa shape index (κ1) is 22.4. The number of aryl methyl sites for hydroxylation is 2. The number of hydrogen-bond donors (Lipinski definition) is 1. The number of nitrogens with one attached hydrogen (secondary N) is 1. The summed E-state index contributed by atoms with van der Waals surface area (Å²) in [5.41, 5.74) is 3.24. The molecule has 1 amide bonds. The number of amides is 1. The normalized spacial score (nSPS) is 12.0. The summed E-state index contributed by atoms with van der Waals surface area (Å²) in [7, 11) is 0. The lowest BCUT2D eigenvalue weighted by atomic mass is 10.2. The van der Waals surface area contributed by atoms with Crippen molar-refractivity contribution in [2.75, 3.05) is 5.32 Å². The fraction of sp³-hybridized carbons (Fsp3) is 0.348. The smallest absolute Gasteiger partial charge is 0.237 e. The van der Waals surface area contributed by atoms with Crippen LogP contribution in [-0.4, -0.2) is 25.9 Å². The molecule has 0 spiro atoms. The molecule has 0 aliphatic rings. The van der Waals surface area contributed by atoms with Crippen molar-refractivity contribution in [1.29, 1.82) is 0 Å². The molecule has 0 saturated carbocycles. The van der Waals surface area contributed by atoms with Crippen LogP contribution in [0, 0.1) is 13.8 Å². The van der Waals surface area contributed by atoms with Crippen molar-refractivity contribution in [1.82, 2.24) is 14.8 Å². The Bertz CT molecular complexity index is 968. The molecule has 0 aliphatic carbocycles. The molecule has 1 atom stereocenters. The number of aromatic nitrogens is 3. The number of carbonyl (C=O) groups is 1. The standard InChI is InChI=1S/C23H28N4OS2/c1-5-20(22(28)24-18-11-7-16(3)8-12-18)30-23-26-25-21(27(23)6-2)15-29-19-13-9-17(4)10-14-19/h7-14,20H,5-6,15H2,1-4H3,(H,24,28). The van der Waals surface area contributed by atoms with Gasteiger partial charge in [-0.1, -0.05) is 54.1 Å². The molecular formula is C23H28N4OS2. The zero-order valence-electron chi connectivity index (χ0n) is 17.9. The van der Waals surface area contributed by atoms with Crippen LogP contribution >= 0.6 is 23.5 Å². The van der Waals surface area contributed by atoms with Crippen molar-refractivity contribution >= 4 is 35.1 Å². The highest BCUT2D eigenvalue weighted by Crippen LogP contribution is 2.28. The van der Waals surface area contributed by atoms with E-state index in [4.69, 9.17) is 0 Å². The van der Waals surface area contributed by atoms with Crippen molar-refractivity contribution in [2.24, 2.45) is 0 Å². The largest absolute Gasteiger partial charge is 0.325 e. The number of nitrogens with zero attached hydrogens (tertiary/aromatic N) is 3. The first-order valence-electron chi connectivity index (χ1n) is 10.2. The molecule has 0 radical (unpaired) electrons. The highest BCUT2D eigenvalue weighted by molar-refractivity contribution is 8.00. The van der Waals surface area contributed by atoms with Crippen LogP contribution < -0.4 is 5.32 Å². The minimum atomic E-state index is -0.224. The van der Waals surface area contributed by atoms with Crippen LogP contribution in [0.2, 0.25) is 0 Å². The monoisotopic (exact) mass is 440 g/mol. The molecule has 0 bridgehead atoms. The highest BCUT2D eigenvalue weighted by Gasteiger charge is 2.22. The van der Waals surface area contributed by atoms with Crippen molar-refractivity contribution in [3.05, 3.63) is 65.5 Å². The average molecular weight is 441 g/mol. The molecule has 1 N–H and O–H groups in total. The minimum absolute atomic E-state index is 0.00686. The van der Waals surface area contributed by atoms with Gasteiger partial charge in [-0.15, -0.1) is 22.0 Å². The second-order valence-corrected chi connectivity index (χ2v) is 9.33. The Morgan fingerprint density at radius 3 is 2.23 bits per heavy atom. The van der Waals surface area contributed by atoms with E-state index >= 15 is 0 Å². The lowest BCUT2D eigenvalue weighted by Crippen LogP contribution is -2.25. The van der Waals surface area contributed by atoms with E-state index < -0.39 is 0 Å². The van der Waals surface area contributed by atoms with Gasteiger partial charge in [-0.3, -0.25) is 4.79 Å². The maximum Gasteiger partial charge on any atom is 0.237 e. The van der Waals surface area contributed by atoms with E-state index in [1.165, 1.54) is 27.8 Å². The Morgan fingerprint density at radius 2 is 1.63 bits per heavy atom. The van der Waals surface area contributed by atoms with Crippen molar-refractivity contribution < 1.29 is 4.79 Å². The van der Waals surface area contributed by atoms with Crippen LogP contribution in [0.1, 0.15) is 37.2 Å². The molecule has 5 nitrogen and oxygen atoms in total. The Labute approximate surface area is 187 Å². The molecule has 0 fully saturated rings. The van der Waals surface area contributed by atoms with Crippen LogP contribution in [0.3, 0.4) is 0 Å². The Balaban J connectivity index is 1.66. The van der Waals surface area contributed by atoms with Gasteiger partial charge in [0.1, 0.15) is 5.82 Å². The van der Waals surface area contributed by atoms with E-state index in [0.29, 0.717) is 6.42 Å². The lowest BCUT2D eigenvalue weighted by molar-refractivity contribution is -0.115. The van der Waals surface area contributed by atoms with Gasteiger partial charge in [-0.25, -0.2) is 0 Å². The van der Waals surface area contributed by atoms with Crippen molar-refractivity contribution in [3.8, 4) is 0 Å². The fourth-order valence-corrected chi connectivity index (χ4v) is 4.80. The molecule has 3 aromatic rings. The number of carbonyl (C=O) groups excluding carboxylic acids is 1. The predicted octanol–water partition coefficient (Wildman–Crippen LogP) is 5.72. The summed E-state index contributed by atoms with van der Waals surface area (Å²) in [5.74, 6) is 1.67. The van der Waals surface area contributed by atoms with Crippen molar-refractivity contribution in [2.45, 2.75) is 61.7 Å². The number of benzene rings is 2. The van der Waals surface area contributed by atoms with Gasteiger partial charge in [0, 0.05) is 17.1 Å². The summed E-state index contributed by atoms with van der Waals surface area (Å²) in [6, 6.07) is 16.3. The van der Waals surface area contributed by atoms with Gasteiger partial charge in [0.15, 0.2) is 5.16 Å². The first-order valence-corrected chi connectivity index (χ1v) is 12.0. The molecule has 158 valence electrons. The quantitative estimate of drug-likeness (QED) is 0.431. The molecule has 0 saturated heterocycles. The summed E-state index contributed by atoms with van der Waals surface area (Å²) in [6.45, 7) is 9.00. The Kier molecular flexibility index (Phi) is 7.99. The summed E-state index contributed by atoms with van der Waals surface area (Å²) in [4.78, 5) is 14.0. The van der Waals surface area contributed by atoms with Gasteiger partial charge in [-0.05, 0) is 51.5 Å². The SMILES string of the molecule is CCC(Sc1nnc(CSc2ccc(C)cc2)n1CC)C(=O)Nc1ccc(C)cc1. The second-order valence-electron chi connectivity index (χ2n) is 7.11. The van der Waals surface area contributed by atoms with Crippen LogP contribution in [-0.2, 0) is 17.1 Å². The van der Waals surface area contributed by atoms with Gasteiger partial charge in [0.25, 0.3) is 0 Å². The highest BCUT2D eigenvalue weighted by atomic mass is 32.2. The van der Waals surface area contributed by atoms with Gasteiger partial charge in [0.05, 0.1) is 11.0 Å². The minimum Gasteiger partial charge on any atom is -0.325 e. The lowest BCUT2D eigenvalue weighted by Gasteiger charge is -2.15. The molecule has 30 heavy (non-hydrogen) atoms. The number of anilines is 1. The second kappa shape index (κ2) is 10.7. The molecule has 1 heterocycles. The first-order chi connectivity index (χ1) is 14.5. The van der Waals surface area contributed by atoms with Gasteiger partial charge >= 0.3 is 0 Å². The zero-order chi connectivity index (χ0) is 21.5. The summed E-state index contributed by atoms with van der Waals surface area (Å²) in [5, 5.41) is 12.4. The maximum atomic E-state index is 12.8. The van der Waals surface area contributed by atoms with Crippen LogP contribution in [0.15, 0.2) is 58.6 Å². The fourth-order valence-electron chi connectivity index (χ4n) is 2.92. The van der Waals surface area contributed by atoms with Gasteiger partial charge < -0.3 is 9.88 Å². The average Bonchev–Trinajstić information content (AvgIpc) is 3.14. The molecule has 3 rings (SSSR count). The van der Waals surface area contributed by atoms with E-state index in [1.807, 2.05) is 38.1 Å². The maximum absolute atomic E-state index is 12.8. The number of hydrogen-bond acceptors (Lipinski definition) is 5. The topological polar surface area (TPSA) is 59.8 Å². The summed E-state index contributed by atoms with van der Waals surface area (Å²) in [6.07, 6.45) is 0.715. The van der Waals surface area contributed by atoms with Gasteiger partial charge in [-0.2, -0.15) is 0 Å². The van der Waals surface area contributed by atoms with Crippen LogP contribution in [0.25, 0.3) is 0 Å². The van der Waals surface area contributed by atoms with E-state index in [9.17, 15) is 4.79 Å². The number of thioether (sulfide) groups is 2. The number of rotatable bonds is 9. The predicted molar refractivity (Wildman–Crippen MR) is 126 cm³/mol. The molecule has 7 heteroatoms. The molecular weight excluding hydrogens is 412 g/mol. The molecule has 2 aromatic carbocycles. The third kappa shape index (κ3) is 5.89. The Hall–Kier alpha value is -2.25. The zero-order valence-corrected chi connectivity index (χ0v) is 19.5. The van der Waals surface area contributed by atoms with Crippen LogP contribution in [0.5, 0.6) is 0 Å². The Morgan fingerprint density at radius 1 is 1.00 bits per heavy atom. The third-order valence-electron chi connectivity index (χ3n) is 4.73. The van der Waals surface area contributed by atoms with Crippen molar-refractivity contribution in [3.63, 3.8) is 0 Å². The van der Waals surface area contributed by atoms with Crippen LogP contribution in [0.4, 0.5) is 5.69 Å². The van der Waals surface area contributed by atoms with Gasteiger partial charge in [0.2, 0.25) is 5.91 Å². The molecule has 1 unspecified atom stereocenters. The summed E-state index contributed by atoms with van der Waals surface area (Å²) < 4.78 is 2.10. The van der Waals surface area contributed by atoms with E-state index in [2.05, 4.69) is 58.2 Å². The third-order valence-corrected chi connectivity index (χ3v) is 7.08. The van der Waals surface area contributed by atoms with E-state index in [-0.39, 0.29) is 11.2 Å². The summed E-state index contributed by atoms with van der Waals surface area (Å²) >= 11 is 3.23. The molecule has 1 aromatic heterocycles. The molecule has 0 aliphatic heterocycles. The van der Waals surface area contributed by atoms with E-state index in [0.717, 1.165) is 29.0 Å².